The predicted molar refractivity (Wildman–Crippen MR) is 149 cm³/mol. The molecule has 1 unspecified atom stereocenters. The molecule has 0 radical (unpaired) electrons. The van der Waals surface area contributed by atoms with E-state index in [-0.39, 0.29) is 23.3 Å². The number of carbonyl (C=O) groups is 3. The van der Waals surface area contributed by atoms with Gasteiger partial charge in [0.2, 0.25) is 5.91 Å². The smallest absolute Gasteiger partial charge is 0.407 e. The molecule has 1 aliphatic carbocycles. The molecule has 1 aromatic heterocycles. The zero-order chi connectivity index (χ0) is 28.0. The molecule has 1 fully saturated rings. The van der Waals surface area contributed by atoms with Crippen LogP contribution in [0.15, 0.2) is 6.07 Å². The molecule has 1 saturated carbocycles. The highest BCUT2D eigenvalue weighted by Gasteiger charge is 2.34. The number of thiophene rings is 1. The average Bonchev–Trinajstić information content (AvgIpc) is 3.20. The maximum atomic E-state index is 14.0. The van der Waals surface area contributed by atoms with Crippen molar-refractivity contribution in [3.8, 4) is 11.8 Å². The van der Waals surface area contributed by atoms with Crippen LogP contribution in [0.5, 0.6) is 0 Å². The molecule has 206 valence electrons. The van der Waals surface area contributed by atoms with Crippen LogP contribution in [-0.4, -0.2) is 43.3 Å². The van der Waals surface area contributed by atoms with Crippen molar-refractivity contribution < 1.29 is 23.9 Å². The Labute approximate surface area is 226 Å². The van der Waals surface area contributed by atoms with Crippen LogP contribution in [0.4, 0.5) is 10.5 Å². The summed E-state index contributed by atoms with van der Waals surface area (Å²) in [6, 6.07) is 1.56. The average molecular weight is 533 g/mol. The molecule has 2 rings (SSSR count). The summed E-state index contributed by atoms with van der Waals surface area (Å²) in [4.78, 5) is 41.7. The fraction of sp³-hybridized carbons (Fsp3) is 0.690. The van der Waals surface area contributed by atoms with Gasteiger partial charge >= 0.3 is 12.1 Å². The second-order valence-corrected chi connectivity index (χ2v) is 13.1. The van der Waals surface area contributed by atoms with Gasteiger partial charge in [-0.15, -0.1) is 11.3 Å². The highest BCUT2D eigenvalue weighted by Crippen LogP contribution is 2.37. The Morgan fingerprint density at radius 3 is 2.30 bits per heavy atom. The number of nitrogens with one attached hydrogen (secondary N) is 1. The van der Waals surface area contributed by atoms with Crippen LogP contribution < -0.4 is 10.2 Å². The third-order valence-corrected chi connectivity index (χ3v) is 7.20. The van der Waals surface area contributed by atoms with Gasteiger partial charge in [-0.05, 0) is 92.6 Å². The highest BCUT2D eigenvalue weighted by molar-refractivity contribution is 7.15. The van der Waals surface area contributed by atoms with Crippen LogP contribution in [0.3, 0.4) is 0 Å². The maximum absolute atomic E-state index is 14.0. The van der Waals surface area contributed by atoms with E-state index in [0.717, 1.165) is 25.7 Å². The molecule has 8 heteroatoms. The normalized spacial score (nSPS) is 18.7. The molecule has 2 amide bonds. The first kappa shape index (κ1) is 30.7. The Hall–Kier alpha value is -2.53. The summed E-state index contributed by atoms with van der Waals surface area (Å²) in [6.07, 6.45) is 3.67. The van der Waals surface area contributed by atoms with Gasteiger partial charge in [-0.3, -0.25) is 4.79 Å². The third kappa shape index (κ3) is 9.70. The van der Waals surface area contributed by atoms with E-state index in [9.17, 15) is 14.4 Å². The summed E-state index contributed by atoms with van der Waals surface area (Å²) >= 11 is 1.25. The van der Waals surface area contributed by atoms with E-state index in [0.29, 0.717) is 34.3 Å². The standard InChI is InChI=1S/C29H44N2O5S/c1-19-10-12-21(13-11-19)25(32)31(20(2)15-17-30-27(34)36-29(6,7)8)23-18-22(14-16-28(3,4)5)37-24(23)26(33)35-9/h18-21H,10-13,15,17H2,1-9H3,(H,30,34). The van der Waals surface area contributed by atoms with Gasteiger partial charge in [0.05, 0.1) is 17.7 Å². The van der Waals surface area contributed by atoms with E-state index < -0.39 is 17.7 Å². The number of carbonyl (C=O) groups excluding carboxylic acids is 3. The minimum Gasteiger partial charge on any atom is -0.465 e. The number of rotatable bonds is 7. The fourth-order valence-corrected chi connectivity index (χ4v) is 5.13. The Morgan fingerprint density at radius 1 is 1.14 bits per heavy atom. The molecular weight excluding hydrogens is 488 g/mol. The van der Waals surface area contributed by atoms with Crippen LogP contribution in [0.1, 0.15) is 102 Å². The second kappa shape index (κ2) is 12.8. The summed E-state index contributed by atoms with van der Waals surface area (Å²) in [5.74, 6) is 6.41. The zero-order valence-corrected chi connectivity index (χ0v) is 24.8. The van der Waals surface area contributed by atoms with Crippen molar-refractivity contribution in [3.05, 3.63) is 15.8 Å². The summed E-state index contributed by atoms with van der Waals surface area (Å²) < 4.78 is 10.4. The molecule has 7 nitrogen and oxygen atoms in total. The molecule has 0 saturated heterocycles. The third-order valence-electron chi connectivity index (χ3n) is 6.18. The number of nitrogens with zero attached hydrogens (tertiary/aromatic N) is 1. The van der Waals surface area contributed by atoms with E-state index in [2.05, 4.69) is 24.1 Å². The Kier molecular flexibility index (Phi) is 10.6. The largest absolute Gasteiger partial charge is 0.465 e. The lowest BCUT2D eigenvalue weighted by molar-refractivity contribution is -0.124. The number of esters is 1. The number of hydrogen-bond acceptors (Lipinski definition) is 6. The van der Waals surface area contributed by atoms with Crippen molar-refractivity contribution in [3.63, 3.8) is 0 Å². The van der Waals surface area contributed by atoms with Gasteiger partial charge in [0, 0.05) is 23.9 Å². The van der Waals surface area contributed by atoms with Gasteiger partial charge < -0.3 is 19.7 Å². The van der Waals surface area contributed by atoms with Crippen molar-refractivity contribution in [2.75, 3.05) is 18.6 Å². The number of hydrogen-bond donors (Lipinski definition) is 1. The van der Waals surface area contributed by atoms with E-state index in [4.69, 9.17) is 9.47 Å². The van der Waals surface area contributed by atoms with Crippen LogP contribution in [0.25, 0.3) is 0 Å². The van der Waals surface area contributed by atoms with Gasteiger partial charge in [-0.25, -0.2) is 9.59 Å². The molecule has 0 aromatic carbocycles. The van der Waals surface area contributed by atoms with Gasteiger partial charge in [0.1, 0.15) is 10.5 Å². The first-order valence-electron chi connectivity index (χ1n) is 13.2. The van der Waals surface area contributed by atoms with Crippen molar-refractivity contribution in [2.45, 2.75) is 99.1 Å². The first-order valence-corrected chi connectivity index (χ1v) is 14.0. The molecule has 0 spiro atoms. The first-order chi connectivity index (χ1) is 17.1. The number of amides is 2. The van der Waals surface area contributed by atoms with Crippen LogP contribution in [-0.2, 0) is 14.3 Å². The number of alkyl carbamates (subject to hydrolysis) is 1. The van der Waals surface area contributed by atoms with Gasteiger partial charge in [-0.1, -0.05) is 18.8 Å². The Bertz CT molecular complexity index is 1010. The van der Waals surface area contributed by atoms with E-state index in [1.54, 1.807) is 4.90 Å². The van der Waals surface area contributed by atoms with Crippen molar-refractivity contribution >= 4 is 35.0 Å². The minimum atomic E-state index is -0.591. The highest BCUT2D eigenvalue weighted by atomic mass is 32.1. The monoisotopic (exact) mass is 532 g/mol. The molecule has 37 heavy (non-hydrogen) atoms. The maximum Gasteiger partial charge on any atom is 0.407 e. The van der Waals surface area contributed by atoms with Crippen LogP contribution in [0.2, 0.25) is 0 Å². The van der Waals surface area contributed by atoms with Crippen molar-refractivity contribution in [1.82, 2.24) is 5.32 Å². The van der Waals surface area contributed by atoms with E-state index in [1.807, 2.05) is 54.5 Å². The molecule has 1 aliphatic rings. The minimum absolute atomic E-state index is 0.00921. The number of anilines is 1. The lowest BCUT2D eigenvalue weighted by atomic mass is 9.82. The fourth-order valence-electron chi connectivity index (χ4n) is 4.21. The Morgan fingerprint density at radius 2 is 1.76 bits per heavy atom. The zero-order valence-electron chi connectivity index (χ0n) is 23.9. The molecular formula is C29H44N2O5S. The SMILES string of the molecule is COC(=O)c1sc(C#CC(C)(C)C)cc1N(C(=O)C1CCC(C)CC1)C(C)CCNC(=O)OC(C)(C)C. The van der Waals surface area contributed by atoms with Crippen LogP contribution in [0, 0.1) is 29.1 Å². The summed E-state index contributed by atoms with van der Waals surface area (Å²) in [7, 11) is 1.34. The topological polar surface area (TPSA) is 84.9 Å². The lowest BCUT2D eigenvalue weighted by Crippen LogP contribution is -2.45. The summed E-state index contributed by atoms with van der Waals surface area (Å²) in [5, 5.41) is 2.78. The Balaban J connectivity index is 2.39. The predicted octanol–water partition coefficient (Wildman–Crippen LogP) is 6.39. The molecule has 0 aliphatic heterocycles. The number of methoxy groups -OCH3 is 1. The number of ether oxygens (including phenoxy) is 2. The quantitative estimate of drug-likeness (QED) is 0.325. The summed E-state index contributed by atoms with van der Waals surface area (Å²) in [6.45, 7) is 16.0. The second-order valence-electron chi connectivity index (χ2n) is 12.0. The van der Waals surface area contributed by atoms with Gasteiger partial charge in [-0.2, -0.15) is 0 Å². The van der Waals surface area contributed by atoms with Gasteiger partial charge in [0.15, 0.2) is 0 Å². The van der Waals surface area contributed by atoms with Crippen molar-refractivity contribution in [2.24, 2.45) is 17.3 Å². The molecule has 1 N–H and O–H groups in total. The molecule has 0 bridgehead atoms. The van der Waals surface area contributed by atoms with Crippen LogP contribution >= 0.6 is 11.3 Å². The molecule has 1 aromatic rings. The molecule has 1 heterocycles. The van der Waals surface area contributed by atoms with Gasteiger partial charge in [0.25, 0.3) is 0 Å². The van der Waals surface area contributed by atoms with E-state index >= 15 is 0 Å². The summed E-state index contributed by atoms with van der Waals surface area (Å²) in [5.41, 5.74) is -0.264. The van der Waals surface area contributed by atoms with E-state index in [1.165, 1.54) is 18.4 Å². The molecule has 1 atom stereocenters. The van der Waals surface area contributed by atoms with Crippen molar-refractivity contribution in [1.29, 1.82) is 0 Å². The lowest BCUT2D eigenvalue weighted by Gasteiger charge is -2.35.